The molecule has 0 spiro atoms. The van der Waals surface area contributed by atoms with Crippen molar-refractivity contribution >= 4 is 27.5 Å². The van der Waals surface area contributed by atoms with Gasteiger partial charge in [-0.3, -0.25) is 4.79 Å². The Morgan fingerprint density at radius 2 is 2.00 bits per heavy atom. The SMILES string of the molecule is C=CCN(CC=C)C(=O)CNc1ccc(C)cc1Br. The van der Waals surface area contributed by atoms with Gasteiger partial charge in [0.05, 0.1) is 6.54 Å². The van der Waals surface area contributed by atoms with E-state index in [1.165, 1.54) is 5.56 Å². The Morgan fingerprint density at radius 1 is 1.37 bits per heavy atom. The van der Waals surface area contributed by atoms with Crippen molar-refractivity contribution in [2.24, 2.45) is 0 Å². The Labute approximate surface area is 123 Å². The molecule has 0 aliphatic carbocycles. The van der Waals surface area contributed by atoms with Crippen molar-refractivity contribution in [3.8, 4) is 0 Å². The van der Waals surface area contributed by atoms with Gasteiger partial charge in [-0.25, -0.2) is 0 Å². The van der Waals surface area contributed by atoms with Crippen LogP contribution in [0.15, 0.2) is 48.0 Å². The number of amides is 1. The lowest BCUT2D eigenvalue weighted by molar-refractivity contribution is -0.128. The van der Waals surface area contributed by atoms with Crippen LogP contribution in [-0.2, 0) is 4.79 Å². The average Bonchev–Trinajstić information content (AvgIpc) is 2.37. The molecule has 0 aliphatic heterocycles. The lowest BCUT2D eigenvalue weighted by Crippen LogP contribution is -2.35. The van der Waals surface area contributed by atoms with Crippen LogP contribution in [0, 0.1) is 6.92 Å². The Morgan fingerprint density at radius 3 is 2.53 bits per heavy atom. The number of rotatable bonds is 7. The standard InChI is InChI=1S/C15H19BrN2O/c1-4-8-18(9-5-2)15(19)11-17-14-7-6-12(3)10-13(14)16/h4-7,10,17H,1-2,8-9,11H2,3H3. The Hall–Kier alpha value is -1.55. The van der Waals surface area contributed by atoms with Crippen LogP contribution in [0.5, 0.6) is 0 Å². The molecule has 3 nitrogen and oxygen atoms in total. The van der Waals surface area contributed by atoms with E-state index in [0.29, 0.717) is 13.1 Å². The van der Waals surface area contributed by atoms with Crippen LogP contribution in [0.4, 0.5) is 5.69 Å². The number of hydrogen-bond acceptors (Lipinski definition) is 2. The minimum Gasteiger partial charge on any atom is -0.375 e. The van der Waals surface area contributed by atoms with Crippen LogP contribution in [-0.4, -0.2) is 30.4 Å². The van der Waals surface area contributed by atoms with E-state index in [1.54, 1.807) is 17.1 Å². The highest BCUT2D eigenvalue weighted by molar-refractivity contribution is 9.10. The van der Waals surface area contributed by atoms with Crippen LogP contribution in [0.25, 0.3) is 0 Å². The van der Waals surface area contributed by atoms with Crippen molar-refractivity contribution in [1.29, 1.82) is 0 Å². The van der Waals surface area contributed by atoms with Crippen molar-refractivity contribution in [1.82, 2.24) is 4.90 Å². The zero-order valence-corrected chi connectivity index (χ0v) is 12.7. The lowest BCUT2D eigenvalue weighted by Gasteiger charge is -2.20. The lowest BCUT2D eigenvalue weighted by atomic mass is 10.2. The average molecular weight is 323 g/mol. The molecule has 0 saturated heterocycles. The molecule has 0 fully saturated rings. The van der Waals surface area contributed by atoms with Gasteiger partial charge in [-0.2, -0.15) is 0 Å². The summed E-state index contributed by atoms with van der Waals surface area (Å²) in [7, 11) is 0. The number of benzene rings is 1. The number of nitrogens with one attached hydrogen (secondary N) is 1. The summed E-state index contributed by atoms with van der Waals surface area (Å²) in [5.41, 5.74) is 2.08. The summed E-state index contributed by atoms with van der Waals surface area (Å²) in [6.45, 7) is 10.6. The second kappa shape index (κ2) is 7.79. The number of aryl methyl sites for hydroxylation is 1. The van der Waals surface area contributed by atoms with E-state index in [4.69, 9.17) is 0 Å². The molecule has 0 saturated carbocycles. The first-order chi connectivity index (χ1) is 9.08. The second-order valence-electron chi connectivity index (χ2n) is 4.21. The molecule has 1 N–H and O–H groups in total. The first kappa shape index (κ1) is 15.5. The fourth-order valence-corrected chi connectivity index (χ4v) is 2.27. The van der Waals surface area contributed by atoms with Crippen LogP contribution >= 0.6 is 15.9 Å². The molecule has 0 heterocycles. The van der Waals surface area contributed by atoms with Gasteiger partial charge in [-0.1, -0.05) is 18.2 Å². The normalized spacial score (nSPS) is 9.79. The number of hydrogen-bond donors (Lipinski definition) is 1. The fraction of sp³-hybridized carbons (Fsp3) is 0.267. The van der Waals surface area contributed by atoms with Gasteiger partial charge in [0.25, 0.3) is 0 Å². The van der Waals surface area contributed by atoms with Crippen molar-refractivity contribution in [3.05, 3.63) is 53.5 Å². The number of halogens is 1. The highest BCUT2D eigenvalue weighted by Gasteiger charge is 2.10. The number of carbonyl (C=O) groups is 1. The van der Waals surface area contributed by atoms with Crippen LogP contribution in [0.1, 0.15) is 5.56 Å². The number of carbonyl (C=O) groups excluding carboxylic acids is 1. The number of anilines is 1. The van der Waals surface area contributed by atoms with Gasteiger partial charge < -0.3 is 10.2 Å². The van der Waals surface area contributed by atoms with Gasteiger partial charge in [-0.15, -0.1) is 13.2 Å². The van der Waals surface area contributed by atoms with Gasteiger partial charge in [0.1, 0.15) is 0 Å². The highest BCUT2D eigenvalue weighted by atomic mass is 79.9. The maximum absolute atomic E-state index is 12.0. The summed E-state index contributed by atoms with van der Waals surface area (Å²) >= 11 is 3.48. The summed E-state index contributed by atoms with van der Waals surface area (Å²) in [5.74, 6) is 0.0206. The van der Waals surface area contributed by atoms with Gasteiger partial charge >= 0.3 is 0 Å². The minimum atomic E-state index is 0.0206. The Bertz CT molecular complexity index is 461. The van der Waals surface area contributed by atoms with Crippen LogP contribution < -0.4 is 5.32 Å². The van der Waals surface area contributed by atoms with Crippen molar-refractivity contribution in [2.75, 3.05) is 25.0 Å². The van der Waals surface area contributed by atoms with E-state index in [2.05, 4.69) is 34.4 Å². The molecule has 0 aromatic heterocycles. The summed E-state index contributed by atoms with van der Waals surface area (Å²) in [6.07, 6.45) is 3.42. The molecule has 4 heteroatoms. The molecular formula is C15H19BrN2O. The Balaban J connectivity index is 2.61. The monoisotopic (exact) mass is 322 g/mol. The summed E-state index contributed by atoms with van der Waals surface area (Å²) in [6, 6.07) is 5.97. The van der Waals surface area contributed by atoms with Crippen LogP contribution in [0.3, 0.4) is 0 Å². The van der Waals surface area contributed by atoms with Gasteiger partial charge in [-0.05, 0) is 40.5 Å². The first-order valence-corrected chi connectivity index (χ1v) is 6.87. The third kappa shape index (κ3) is 4.91. The maximum atomic E-state index is 12.0. The van der Waals surface area contributed by atoms with Crippen molar-refractivity contribution in [2.45, 2.75) is 6.92 Å². The molecule has 1 rings (SSSR count). The molecule has 1 aromatic carbocycles. The second-order valence-corrected chi connectivity index (χ2v) is 5.07. The topological polar surface area (TPSA) is 32.3 Å². The molecule has 1 amide bonds. The molecule has 0 bridgehead atoms. The molecule has 0 atom stereocenters. The molecule has 1 aromatic rings. The molecule has 19 heavy (non-hydrogen) atoms. The van der Waals surface area contributed by atoms with E-state index in [9.17, 15) is 4.79 Å². The van der Waals surface area contributed by atoms with E-state index in [1.807, 2.05) is 25.1 Å². The summed E-state index contributed by atoms with van der Waals surface area (Å²) < 4.78 is 0.958. The summed E-state index contributed by atoms with van der Waals surface area (Å²) in [5, 5.41) is 3.13. The van der Waals surface area contributed by atoms with Gasteiger partial charge in [0, 0.05) is 23.2 Å². The smallest absolute Gasteiger partial charge is 0.242 e. The molecular weight excluding hydrogens is 304 g/mol. The van der Waals surface area contributed by atoms with Crippen molar-refractivity contribution in [3.63, 3.8) is 0 Å². The molecule has 0 unspecified atom stereocenters. The largest absolute Gasteiger partial charge is 0.375 e. The molecule has 0 radical (unpaired) electrons. The minimum absolute atomic E-state index is 0.0206. The quantitative estimate of drug-likeness (QED) is 0.780. The Kier molecular flexibility index (Phi) is 6.36. The van der Waals surface area contributed by atoms with E-state index < -0.39 is 0 Å². The van der Waals surface area contributed by atoms with E-state index >= 15 is 0 Å². The number of nitrogens with zero attached hydrogens (tertiary/aromatic N) is 1. The van der Waals surface area contributed by atoms with Gasteiger partial charge in [0.15, 0.2) is 0 Å². The van der Waals surface area contributed by atoms with E-state index in [0.717, 1.165) is 10.2 Å². The van der Waals surface area contributed by atoms with Crippen molar-refractivity contribution < 1.29 is 4.79 Å². The predicted octanol–water partition coefficient (Wildman–Crippen LogP) is 3.37. The maximum Gasteiger partial charge on any atom is 0.242 e. The third-order valence-corrected chi connectivity index (χ3v) is 3.26. The first-order valence-electron chi connectivity index (χ1n) is 6.08. The van der Waals surface area contributed by atoms with E-state index in [-0.39, 0.29) is 12.5 Å². The highest BCUT2D eigenvalue weighted by Crippen LogP contribution is 2.23. The molecule has 0 aliphatic rings. The zero-order chi connectivity index (χ0) is 14.3. The predicted molar refractivity (Wildman–Crippen MR) is 84.3 cm³/mol. The van der Waals surface area contributed by atoms with Crippen LogP contribution in [0.2, 0.25) is 0 Å². The third-order valence-electron chi connectivity index (χ3n) is 2.61. The fourth-order valence-electron chi connectivity index (χ4n) is 1.64. The molecule has 102 valence electrons. The zero-order valence-electron chi connectivity index (χ0n) is 11.2. The van der Waals surface area contributed by atoms with Gasteiger partial charge in [0.2, 0.25) is 5.91 Å². The summed E-state index contributed by atoms with van der Waals surface area (Å²) in [4.78, 5) is 13.7.